The van der Waals surface area contributed by atoms with E-state index in [0.717, 1.165) is 19.6 Å². The van der Waals surface area contributed by atoms with E-state index >= 15 is 0 Å². The number of hydrogen-bond donors (Lipinski definition) is 1. The molecular weight excluding hydrogens is 242 g/mol. The highest BCUT2D eigenvalue weighted by molar-refractivity contribution is 7.07. The van der Waals surface area contributed by atoms with Gasteiger partial charge in [-0.3, -0.25) is 4.90 Å². The van der Waals surface area contributed by atoms with Gasteiger partial charge in [0.25, 0.3) is 0 Å². The largest absolute Gasteiger partial charge is 0.330 e. The van der Waals surface area contributed by atoms with Gasteiger partial charge in [-0.15, -0.1) is 11.3 Å². The second kappa shape index (κ2) is 6.64. The van der Waals surface area contributed by atoms with E-state index in [1.165, 1.54) is 44.2 Å². The van der Waals surface area contributed by atoms with Gasteiger partial charge in [0.05, 0.1) is 11.2 Å². The molecule has 3 nitrogen and oxygen atoms in total. The monoisotopic (exact) mass is 267 g/mol. The third-order valence-electron chi connectivity index (χ3n) is 4.12. The van der Waals surface area contributed by atoms with Crippen LogP contribution < -0.4 is 5.73 Å². The molecule has 0 aromatic carbocycles. The second-order valence-electron chi connectivity index (χ2n) is 5.77. The Morgan fingerprint density at radius 3 is 2.61 bits per heavy atom. The molecule has 1 aromatic rings. The van der Waals surface area contributed by atoms with Gasteiger partial charge < -0.3 is 5.73 Å². The Morgan fingerprint density at radius 2 is 2.06 bits per heavy atom. The van der Waals surface area contributed by atoms with Crippen LogP contribution in [0.3, 0.4) is 0 Å². The zero-order valence-corrected chi connectivity index (χ0v) is 12.2. The van der Waals surface area contributed by atoms with Crippen LogP contribution in [0.25, 0.3) is 0 Å². The van der Waals surface area contributed by atoms with Crippen LogP contribution in [0.15, 0.2) is 10.9 Å². The average molecular weight is 267 g/mol. The van der Waals surface area contributed by atoms with E-state index in [0.29, 0.717) is 5.41 Å². The SMILES string of the molecule is CN(Cc1cscn1)CC1(CN)CCCCCC1. The van der Waals surface area contributed by atoms with Crippen molar-refractivity contribution in [2.75, 3.05) is 20.1 Å². The van der Waals surface area contributed by atoms with Crippen molar-refractivity contribution in [3.63, 3.8) is 0 Å². The van der Waals surface area contributed by atoms with Gasteiger partial charge in [0.15, 0.2) is 0 Å². The van der Waals surface area contributed by atoms with Crippen molar-refractivity contribution in [1.82, 2.24) is 9.88 Å². The van der Waals surface area contributed by atoms with Crippen molar-refractivity contribution >= 4 is 11.3 Å². The summed E-state index contributed by atoms with van der Waals surface area (Å²) in [5, 5.41) is 2.14. The second-order valence-corrected chi connectivity index (χ2v) is 6.49. The summed E-state index contributed by atoms with van der Waals surface area (Å²) < 4.78 is 0. The van der Waals surface area contributed by atoms with Gasteiger partial charge in [-0.25, -0.2) is 4.98 Å². The summed E-state index contributed by atoms with van der Waals surface area (Å²) in [6.07, 6.45) is 8.06. The maximum absolute atomic E-state index is 6.09. The van der Waals surface area contributed by atoms with E-state index in [9.17, 15) is 0 Å². The van der Waals surface area contributed by atoms with Crippen LogP contribution in [0.4, 0.5) is 0 Å². The summed E-state index contributed by atoms with van der Waals surface area (Å²) in [7, 11) is 2.20. The Bertz CT molecular complexity index is 329. The molecule has 0 radical (unpaired) electrons. The van der Waals surface area contributed by atoms with E-state index in [-0.39, 0.29) is 0 Å². The first-order chi connectivity index (χ1) is 8.74. The fourth-order valence-corrected chi connectivity index (χ4v) is 3.68. The summed E-state index contributed by atoms with van der Waals surface area (Å²) in [6.45, 7) is 2.89. The lowest BCUT2D eigenvalue weighted by Gasteiger charge is -2.35. The molecule has 1 fully saturated rings. The van der Waals surface area contributed by atoms with Gasteiger partial charge in [0, 0.05) is 18.5 Å². The van der Waals surface area contributed by atoms with Crippen LogP contribution in [0.1, 0.15) is 44.2 Å². The molecule has 0 aliphatic heterocycles. The normalized spacial score (nSPS) is 19.9. The van der Waals surface area contributed by atoms with Crippen molar-refractivity contribution < 1.29 is 0 Å². The molecule has 1 saturated carbocycles. The number of nitrogens with zero attached hydrogens (tertiary/aromatic N) is 2. The third kappa shape index (κ3) is 3.77. The van der Waals surface area contributed by atoms with E-state index in [1.54, 1.807) is 11.3 Å². The standard InChI is InChI=1S/C14H25N3S/c1-17(8-13-9-18-12-16-13)11-14(10-15)6-4-2-3-5-7-14/h9,12H,2-8,10-11,15H2,1H3. The predicted molar refractivity (Wildman–Crippen MR) is 77.6 cm³/mol. The highest BCUT2D eigenvalue weighted by atomic mass is 32.1. The molecule has 0 unspecified atom stereocenters. The molecule has 2 N–H and O–H groups in total. The molecule has 18 heavy (non-hydrogen) atoms. The Kier molecular flexibility index (Phi) is 5.15. The van der Waals surface area contributed by atoms with Crippen molar-refractivity contribution in [3.8, 4) is 0 Å². The lowest BCUT2D eigenvalue weighted by Crippen LogP contribution is -2.40. The minimum Gasteiger partial charge on any atom is -0.330 e. The van der Waals surface area contributed by atoms with Crippen LogP contribution in [0, 0.1) is 5.41 Å². The van der Waals surface area contributed by atoms with Gasteiger partial charge in [-0.05, 0) is 31.8 Å². The van der Waals surface area contributed by atoms with Gasteiger partial charge in [-0.2, -0.15) is 0 Å². The number of hydrogen-bond acceptors (Lipinski definition) is 4. The molecule has 0 bridgehead atoms. The van der Waals surface area contributed by atoms with Crippen LogP contribution in [-0.4, -0.2) is 30.0 Å². The summed E-state index contributed by atoms with van der Waals surface area (Å²) in [4.78, 5) is 6.76. The lowest BCUT2D eigenvalue weighted by atomic mass is 9.80. The summed E-state index contributed by atoms with van der Waals surface area (Å²) >= 11 is 1.67. The number of rotatable bonds is 5. The summed E-state index contributed by atoms with van der Waals surface area (Å²) in [5.74, 6) is 0. The molecule has 0 atom stereocenters. The fraction of sp³-hybridized carbons (Fsp3) is 0.786. The van der Waals surface area contributed by atoms with Gasteiger partial charge in [0.1, 0.15) is 0 Å². The first kappa shape index (κ1) is 14.0. The Morgan fingerprint density at radius 1 is 1.33 bits per heavy atom. The number of thiazole rings is 1. The van der Waals surface area contributed by atoms with Crippen molar-refractivity contribution in [3.05, 3.63) is 16.6 Å². The molecule has 1 aliphatic rings. The molecule has 2 rings (SSSR count). The number of aromatic nitrogens is 1. The Balaban J connectivity index is 1.91. The van der Waals surface area contributed by atoms with Crippen LogP contribution in [0.5, 0.6) is 0 Å². The molecule has 1 aliphatic carbocycles. The average Bonchev–Trinajstić information content (AvgIpc) is 2.74. The van der Waals surface area contributed by atoms with Crippen LogP contribution >= 0.6 is 11.3 Å². The van der Waals surface area contributed by atoms with Crippen LogP contribution in [-0.2, 0) is 6.54 Å². The summed E-state index contributed by atoms with van der Waals surface area (Å²) in [6, 6.07) is 0. The molecule has 102 valence electrons. The lowest BCUT2D eigenvalue weighted by molar-refractivity contribution is 0.152. The highest BCUT2D eigenvalue weighted by Gasteiger charge is 2.30. The van der Waals surface area contributed by atoms with Gasteiger partial charge in [-0.1, -0.05) is 25.7 Å². The van der Waals surface area contributed by atoms with E-state index in [4.69, 9.17) is 5.73 Å². The molecule has 0 spiro atoms. The molecule has 1 heterocycles. The Labute approximate surface area is 114 Å². The van der Waals surface area contributed by atoms with Crippen LogP contribution in [0.2, 0.25) is 0 Å². The topological polar surface area (TPSA) is 42.2 Å². The molecule has 0 amide bonds. The summed E-state index contributed by atoms with van der Waals surface area (Å²) in [5.41, 5.74) is 9.53. The predicted octanol–water partition coefficient (Wildman–Crippen LogP) is 2.87. The first-order valence-corrected chi connectivity index (χ1v) is 7.94. The molecular formula is C14H25N3S. The highest BCUT2D eigenvalue weighted by Crippen LogP contribution is 2.34. The minimum absolute atomic E-state index is 0.348. The zero-order chi connectivity index (χ0) is 12.8. The maximum Gasteiger partial charge on any atom is 0.0795 e. The molecule has 0 saturated heterocycles. The van der Waals surface area contributed by atoms with Crippen molar-refractivity contribution in [2.45, 2.75) is 45.1 Å². The fourth-order valence-electron chi connectivity index (χ4n) is 3.13. The van der Waals surface area contributed by atoms with E-state index in [1.807, 2.05) is 5.51 Å². The van der Waals surface area contributed by atoms with Gasteiger partial charge >= 0.3 is 0 Å². The maximum atomic E-state index is 6.09. The van der Waals surface area contributed by atoms with Crippen molar-refractivity contribution in [2.24, 2.45) is 11.1 Å². The quantitative estimate of drug-likeness (QED) is 0.834. The smallest absolute Gasteiger partial charge is 0.0795 e. The van der Waals surface area contributed by atoms with E-state index in [2.05, 4.69) is 22.3 Å². The minimum atomic E-state index is 0.348. The van der Waals surface area contributed by atoms with Gasteiger partial charge in [0.2, 0.25) is 0 Å². The first-order valence-electron chi connectivity index (χ1n) is 7.00. The number of nitrogens with two attached hydrogens (primary N) is 1. The van der Waals surface area contributed by atoms with Crippen molar-refractivity contribution in [1.29, 1.82) is 0 Å². The molecule has 4 heteroatoms. The van der Waals surface area contributed by atoms with E-state index < -0.39 is 0 Å². The molecule has 1 aromatic heterocycles. The third-order valence-corrected chi connectivity index (χ3v) is 4.75. The Hall–Kier alpha value is -0.450. The zero-order valence-electron chi connectivity index (χ0n) is 11.4.